The van der Waals surface area contributed by atoms with Gasteiger partial charge in [0, 0.05) is 0 Å². The molecule has 0 aliphatic carbocycles. The van der Waals surface area contributed by atoms with Crippen molar-refractivity contribution in [3.8, 4) is 5.75 Å². The van der Waals surface area contributed by atoms with E-state index < -0.39 is 0 Å². The van der Waals surface area contributed by atoms with E-state index in [1.807, 2.05) is 63.2 Å². The lowest BCUT2D eigenvalue weighted by Crippen LogP contribution is -2.19. The maximum absolute atomic E-state index is 12.1. The lowest BCUT2D eigenvalue weighted by Gasteiger charge is -2.05. The van der Waals surface area contributed by atoms with E-state index in [1.54, 1.807) is 0 Å². The molecule has 2 aromatic carbocycles. The highest BCUT2D eigenvalue weighted by Gasteiger charge is 2.23. The minimum Gasteiger partial charge on any atom is -0.507 e. The largest absolute Gasteiger partial charge is 0.507 e. The molecule has 1 aliphatic rings. The van der Waals surface area contributed by atoms with Crippen LogP contribution in [0.1, 0.15) is 22.3 Å². The molecule has 2 N–H and O–H groups in total. The molecule has 0 unspecified atom stereocenters. The van der Waals surface area contributed by atoms with Crippen LogP contribution in [-0.2, 0) is 4.79 Å². The van der Waals surface area contributed by atoms with Crippen LogP contribution in [0, 0.1) is 20.8 Å². The molecule has 24 heavy (non-hydrogen) atoms. The average Bonchev–Trinajstić information content (AvgIpc) is 2.87. The quantitative estimate of drug-likeness (QED) is 0.806. The Kier molecular flexibility index (Phi) is 4.44. The second-order valence-electron chi connectivity index (χ2n) is 5.82. The SMILES string of the molecule is Cc1ccc(N=C2NC(=O)C(=Cc3cc(C)c(O)c(C)c3)S2)cc1. The average molecular weight is 338 g/mol. The first kappa shape index (κ1) is 16.3. The summed E-state index contributed by atoms with van der Waals surface area (Å²) in [6, 6.07) is 11.5. The van der Waals surface area contributed by atoms with Crippen LogP contribution in [0.25, 0.3) is 6.08 Å². The van der Waals surface area contributed by atoms with Crippen LogP contribution >= 0.6 is 11.8 Å². The van der Waals surface area contributed by atoms with Crippen molar-refractivity contribution < 1.29 is 9.90 Å². The molecule has 0 radical (unpaired) electrons. The first-order valence-electron chi connectivity index (χ1n) is 7.59. The summed E-state index contributed by atoms with van der Waals surface area (Å²) in [4.78, 5) is 17.2. The van der Waals surface area contributed by atoms with Crippen molar-refractivity contribution in [2.45, 2.75) is 20.8 Å². The maximum Gasteiger partial charge on any atom is 0.264 e. The number of amides is 1. The van der Waals surface area contributed by atoms with Gasteiger partial charge in [0.25, 0.3) is 5.91 Å². The number of carbonyl (C=O) groups excluding carboxylic acids is 1. The van der Waals surface area contributed by atoms with Crippen LogP contribution < -0.4 is 5.32 Å². The predicted octanol–water partition coefficient (Wildman–Crippen LogP) is 4.21. The van der Waals surface area contributed by atoms with E-state index in [2.05, 4.69) is 10.3 Å². The smallest absolute Gasteiger partial charge is 0.264 e. The molecular weight excluding hydrogens is 320 g/mol. The number of nitrogens with zero attached hydrogens (tertiary/aromatic N) is 1. The predicted molar refractivity (Wildman–Crippen MR) is 99.6 cm³/mol. The highest BCUT2D eigenvalue weighted by atomic mass is 32.2. The van der Waals surface area contributed by atoms with Crippen molar-refractivity contribution in [3.05, 3.63) is 63.6 Å². The minimum absolute atomic E-state index is 0.158. The van der Waals surface area contributed by atoms with Gasteiger partial charge >= 0.3 is 0 Å². The van der Waals surface area contributed by atoms with Gasteiger partial charge in [-0.05, 0) is 79.6 Å². The molecule has 1 amide bonds. The Labute approximate surface area is 145 Å². The Balaban J connectivity index is 1.86. The van der Waals surface area contributed by atoms with Crippen LogP contribution in [0.2, 0.25) is 0 Å². The number of hydrogen-bond acceptors (Lipinski definition) is 4. The van der Waals surface area contributed by atoms with E-state index in [0.29, 0.717) is 15.8 Å². The molecule has 1 fully saturated rings. The van der Waals surface area contributed by atoms with Crippen molar-refractivity contribution in [2.75, 3.05) is 0 Å². The fourth-order valence-electron chi connectivity index (χ4n) is 2.44. The summed E-state index contributed by atoms with van der Waals surface area (Å²) < 4.78 is 0. The fraction of sp³-hybridized carbons (Fsp3) is 0.158. The van der Waals surface area contributed by atoms with Crippen molar-refractivity contribution in [1.82, 2.24) is 5.32 Å². The first-order chi connectivity index (χ1) is 11.4. The molecular formula is C19H18N2O2S. The van der Waals surface area contributed by atoms with Gasteiger partial charge in [0.2, 0.25) is 0 Å². The fourth-order valence-corrected chi connectivity index (χ4v) is 3.28. The molecule has 3 rings (SSSR count). The first-order valence-corrected chi connectivity index (χ1v) is 8.40. The van der Waals surface area contributed by atoms with Gasteiger partial charge in [-0.3, -0.25) is 4.79 Å². The number of amidine groups is 1. The number of thioether (sulfide) groups is 1. The Hall–Kier alpha value is -2.53. The van der Waals surface area contributed by atoms with Gasteiger partial charge < -0.3 is 10.4 Å². The molecule has 0 aromatic heterocycles. The number of aliphatic imine (C=N–C) groups is 1. The maximum atomic E-state index is 12.1. The van der Waals surface area contributed by atoms with E-state index in [0.717, 1.165) is 22.4 Å². The summed E-state index contributed by atoms with van der Waals surface area (Å²) in [6.45, 7) is 5.71. The molecule has 1 saturated heterocycles. The third-order valence-corrected chi connectivity index (χ3v) is 4.64. The number of nitrogens with one attached hydrogen (secondary N) is 1. The normalized spacial score (nSPS) is 17.5. The lowest BCUT2D eigenvalue weighted by atomic mass is 10.1. The second-order valence-corrected chi connectivity index (χ2v) is 6.85. The standard InChI is InChI=1S/C19H18N2O2S/c1-11-4-6-15(7-5-11)20-19-21-18(23)16(24-19)10-14-8-12(2)17(22)13(3)9-14/h4-10,22H,1-3H3,(H,20,21,23). The summed E-state index contributed by atoms with van der Waals surface area (Å²) in [5.74, 6) is 0.136. The van der Waals surface area contributed by atoms with E-state index >= 15 is 0 Å². The minimum atomic E-state index is -0.158. The summed E-state index contributed by atoms with van der Waals surface area (Å²) >= 11 is 1.32. The monoisotopic (exact) mass is 338 g/mol. The number of rotatable bonds is 2. The summed E-state index contributed by atoms with van der Waals surface area (Å²) in [5, 5.41) is 13.2. The van der Waals surface area contributed by atoms with Gasteiger partial charge in [0.05, 0.1) is 10.6 Å². The van der Waals surface area contributed by atoms with Gasteiger partial charge in [-0.25, -0.2) is 4.99 Å². The zero-order valence-corrected chi connectivity index (χ0v) is 14.6. The lowest BCUT2D eigenvalue weighted by molar-refractivity contribution is -0.115. The van der Waals surface area contributed by atoms with Crippen molar-refractivity contribution in [3.63, 3.8) is 0 Å². The molecule has 0 bridgehead atoms. The van der Waals surface area contributed by atoms with Crippen LogP contribution in [0.5, 0.6) is 5.75 Å². The highest BCUT2D eigenvalue weighted by molar-refractivity contribution is 8.18. The molecule has 5 heteroatoms. The van der Waals surface area contributed by atoms with Crippen molar-refractivity contribution in [1.29, 1.82) is 0 Å². The molecule has 2 aromatic rings. The Morgan fingerprint density at radius 1 is 1.08 bits per heavy atom. The van der Waals surface area contributed by atoms with Crippen molar-refractivity contribution in [2.24, 2.45) is 4.99 Å². The number of phenolic OH excluding ortho intramolecular Hbond substituents is 1. The Morgan fingerprint density at radius 3 is 2.33 bits per heavy atom. The van der Waals surface area contributed by atoms with Crippen LogP contribution in [0.3, 0.4) is 0 Å². The molecule has 122 valence electrons. The molecule has 1 heterocycles. The van der Waals surface area contributed by atoms with Gasteiger partial charge in [0.1, 0.15) is 5.75 Å². The van der Waals surface area contributed by atoms with E-state index in [1.165, 1.54) is 17.3 Å². The zero-order chi connectivity index (χ0) is 17.3. The number of hydrogen-bond donors (Lipinski definition) is 2. The zero-order valence-electron chi connectivity index (χ0n) is 13.8. The van der Waals surface area contributed by atoms with Crippen LogP contribution in [0.15, 0.2) is 46.3 Å². The second kappa shape index (κ2) is 6.53. The Bertz CT molecular complexity index is 844. The molecule has 4 nitrogen and oxygen atoms in total. The van der Waals surface area contributed by atoms with Crippen molar-refractivity contribution >= 4 is 34.6 Å². The number of aryl methyl sites for hydroxylation is 3. The highest BCUT2D eigenvalue weighted by Crippen LogP contribution is 2.30. The Morgan fingerprint density at radius 2 is 1.71 bits per heavy atom. The number of carbonyl (C=O) groups is 1. The topological polar surface area (TPSA) is 61.7 Å². The summed E-state index contributed by atoms with van der Waals surface area (Å²) in [6.07, 6.45) is 1.82. The van der Waals surface area contributed by atoms with Gasteiger partial charge in [-0.2, -0.15) is 0 Å². The van der Waals surface area contributed by atoms with Gasteiger partial charge in [-0.1, -0.05) is 17.7 Å². The van der Waals surface area contributed by atoms with Gasteiger partial charge in [-0.15, -0.1) is 0 Å². The molecule has 0 saturated carbocycles. The van der Waals surface area contributed by atoms with E-state index in [-0.39, 0.29) is 5.91 Å². The van der Waals surface area contributed by atoms with Crippen LogP contribution in [0.4, 0.5) is 5.69 Å². The molecule has 0 atom stereocenters. The summed E-state index contributed by atoms with van der Waals surface area (Å²) in [5.41, 5.74) is 4.44. The number of aromatic hydroxyl groups is 1. The number of phenols is 1. The molecule has 1 aliphatic heterocycles. The third kappa shape index (κ3) is 3.51. The summed E-state index contributed by atoms with van der Waals surface area (Å²) in [7, 11) is 0. The number of benzene rings is 2. The van der Waals surface area contributed by atoms with Crippen LogP contribution in [-0.4, -0.2) is 16.2 Å². The van der Waals surface area contributed by atoms with Gasteiger partial charge in [0.15, 0.2) is 5.17 Å². The molecule has 0 spiro atoms. The van der Waals surface area contributed by atoms with E-state index in [4.69, 9.17) is 0 Å². The third-order valence-electron chi connectivity index (χ3n) is 3.73. The van der Waals surface area contributed by atoms with E-state index in [9.17, 15) is 9.90 Å².